The number of nitrogens with one attached hydrogen (secondary N) is 2. The molecule has 4 rings (SSSR count). The number of carbonyl (C=O) groups excluding carboxylic acids is 2. The van der Waals surface area contributed by atoms with E-state index in [4.69, 9.17) is 0 Å². The molecular formula is C25H20N2O2S2. The van der Waals surface area contributed by atoms with Gasteiger partial charge in [0.1, 0.15) is 5.25 Å². The lowest BCUT2D eigenvalue weighted by Crippen LogP contribution is -2.19. The van der Waals surface area contributed by atoms with Gasteiger partial charge >= 0.3 is 0 Å². The first-order chi connectivity index (χ1) is 15.2. The van der Waals surface area contributed by atoms with Crippen molar-refractivity contribution in [2.75, 3.05) is 10.6 Å². The molecule has 31 heavy (non-hydrogen) atoms. The molecule has 0 aliphatic carbocycles. The molecule has 0 aliphatic rings. The minimum atomic E-state index is -0.440. The van der Waals surface area contributed by atoms with Crippen LogP contribution in [0.4, 0.5) is 11.4 Å². The van der Waals surface area contributed by atoms with Crippen LogP contribution in [-0.4, -0.2) is 11.8 Å². The van der Waals surface area contributed by atoms with Crippen LogP contribution in [-0.2, 0) is 4.79 Å². The lowest BCUT2D eigenvalue weighted by molar-refractivity contribution is -0.115. The fraction of sp³-hybridized carbons (Fsp3) is 0.0400. The molecule has 3 aromatic carbocycles. The summed E-state index contributed by atoms with van der Waals surface area (Å²) in [5, 5.41) is 7.35. The molecule has 1 aromatic heterocycles. The normalized spacial score (nSPS) is 11.5. The van der Waals surface area contributed by atoms with E-state index in [1.807, 2.05) is 96.4 Å². The number of benzene rings is 3. The Hall–Kier alpha value is -3.35. The number of hydrogen-bond acceptors (Lipinski definition) is 4. The molecular weight excluding hydrogens is 424 g/mol. The third-order valence-electron chi connectivity index (χ3n) is 4.47. The Kier molecular flexibility index (Phi) is 6.82. The number of amides is 2. The highest BCUT2D eigenvalue weighted by atomic mass is 32.2. The summed E-state index contributed by atoms with van der Waals surface area (Å²) in [6.07, 6.45) is 0. The van der Waals surface area contributed by atoms with Crippen LogP contribution in [0.3, 0.4) is 0 Å². The predicted octanol–water partition coefficient (Wildman–Crippen LogP) is 6.47. The summed E-state index contributed by atoms with van der Waals surface area (Å²) < 4.78 is 0. The van der Waals surface area contributed by atoms with Crippen molar-refractivity contribution in [3.8, 4) is 0 Å². The third kappa shape index (κ3) is 5.63. The van der Waals surface area contributed by atoms with E-state index >= 15 is 0 Å². The second-order valence-electron chi connectivity index (χ2n) is 6.72. The summed E-state index contributed by atoms with van der Waals surface area (Å²) in [6.45, 7) is 0. The summed E-state index contributed by atoms with van der Waals surface area (Å²) in [4.78, 5) is 27.1. The van der Waals surface area contributed by atoms with Crippen molar-refractivity contribution in [3.63, 3.8) is 0 Å². The molecule has 4 aromatic rings. The summed E-state index contributed by atoms with van der Waals surface area (Å²) in [5.74, 6) is -0.242. The molecule has 0 aliphatic heterocycles. The highest BCUT2D eigenvalue weighted by Crippen LogP contribution is 2.37. The SMILES string of the molecule is O=C(Nc1cccc(SC(C(=O)Nc2ccccc2)c2ccccc2)c1)c1cccs1. The molecule has 1 unspecified atom stereocenters. The minimum Gasteiger partial charge on any atom is -0.325 e. The van der Waals surface area contributed by atoms with Crippen molar-refractivity contribution in [1.29, 1.82) is 0 Å². The van der Waals surface area contributed by atoms with Crippen LogP contribution in [0, 0.1) is 0 Å². The summed E-state index contributed by atoms with van der Waals surface area (Å²) in [6, 6.07) is 30.3. The van der Waals surface area contributed by atoms with Crippen LogP contribution in [0.5, 0.6) is 0 Å². The van der Waals surface area contributed by atoms with Crippen LogP contribution in [0.25, 0.3) is 0 Å². The maximum Gasteiger partial charge on any atom is 0.265 e. The van der Waals surface area contributed by atoms with E-state index in [1.165, 1.54) is 23.1 Å². The van der Waals surface area contributed by atoms with Crippen molar-refractivity contribution >= 4 is 46.3 Å². The van der Waals surface area contributed by atoms with Gasteiger partial charge in [0.05, 0.1) is 4.88 Å². The van der Waals surface area contributed by atoms with Crippen LogP contribution >= 0.6 is 23.1 Å². The lowest BCUT2D eigenvalue weighted by Gasteiger charge is -2.17. The molecule has 0 saturated carbocycles. The van der Waals surface area contributed by atoms with Gasteiger partial charge in [0.15, 0.2) is 0 Å². The lowest BCUT2D eigenvalue weighted by atomic mass is 10.1. The quantitative estimate of drug-likeness (QED) is 0.321. The molecule has 1 heterocycles. The zero-order chi connectivity index (χ0) is 21.5. The molecule has 2 amide bonds. The van der Waals surface area contributed by atoms with Gasteiger partial charge in [0, 0.05) is 16.3 Å². The van der Waals surface area contributed by atoms with E-state index in [9.17, 15) is 9.59 Å². The number of carbonyl (C=O) groups is 2. The molecule has 0 bridgehead atoms. The van der Waals surface area contributed by atoms with Gasteiger partial charge < -0.3 is 10.6 Å². The second kappa shape index (κ2) is 10.1. The Labute approximate surface area is 189 Å². The number of hydrogen-bond donors (Lipinski definition) is 2. The third-order valence-corrected chi connectivity index (χ3v) is 6.59. The second-order valence-corrected chi connectivity index (χ2v) is 8.85. The maximum absolute atomic E-state index is 13.1. The molecule has 154 valence electrons. The maximum atomic E-state index is 13.1. The predicted molar refractivity (Wildman–Crippen MR) is 129 cm³/mol. The van der Waals surface area contributed by atoms with Gasteiger partial charge in [0.25, 0.3) is 5.91 Å². The smallest absolute Gasteiger partial charge is 0.265 e. The number of thiophene rings is 1. The molecule has 0 radical (unpaired) electrons. The monoisotopic (exact) mass is 444 g/mol. The van der Waals surface area contributed by atoms with Gasteiger partial charge in [-0.05, 0) is 47.3 Å². The molecule has 6 heteroatoms. The summed E-state index contributed by atoms with van der Waals surface area (Å²) in [7, 11) is 0. The summed E-state index contributed by atoms with van der Waals surface area (Å²) in [5.41, 5.74) is 2.36. The highest BCUT2D eigenvalue weighted by molar-refractivity contribution is 8.00. The van der Waals surface area contributed by atoms with Gasteiger partial charge in [-0.3, -0.25) is 9.59 Å². The number of anilines is 2. The Morgan fingerprint density at radius 2 is 1.45 bits per heavy atom. The Bertz CT molecular complexity index is 1150. The van der Waals surface area contributed by atoms with E-state index in [2.05, 4.69) is 10.6 Å². The Morgan fingerprint density at radius 1 is 0.742 bits per heavy atom. The van der Waals surface area contributed by atoms with Crippen molar-refractivity contribution in [3.05, 3.63) is 113 Å². The van der Waals surface area contributed by atoms with Crippen LogP contribution < -0.4 is 10.6 Å². The van der Waals surface area contributed by atoms with Crippen LogP contribution in [0.15, 0.2) is 107 Å². The number of para-hydroxylation sites is 1. The number of thioether (sulfide) groups is 1. The molecule has 2 N–H and O–H groups in total. The van der Waals surface area contributed by atoms with Gasteiger partial charge in [-0.1, -0.05) is 60.7 Å². The fourth-order valence-electron chi connectivity index (χ4n) is 3.01. The zero-order valence-corrected chi connectivity index (χ0v) is 18.2. The Balaban J connectivity index is 1.54. The highest BCUT2D eigenvalue weighted by Gasteiger charge is 2.22. The zero-order valence-electron chi connectivity index (χ0n) is 16.5. The van der Waals surface area contributed by atoms with Crippen LogP contribution in [0.2, 0.25) is 0 Å². The standard InChI is InChI=1S/C25H20N2O2S2/c28-24(22-15-8-16-30-22)27-20-13-7-14-21(17-20)31-23(18-9-3-1-4-10-18)25(29)26-19-11-5-2-6-12-19/h1-17,23H,(H,26,29)(H,27,28). The number of rotatable bonds is 7. The van der Waals surface area contributed by atoms with E-state index in [1.54, 1.807) is 6.07 Å². The Morgan fingerprint density at radius 3 is 2.16 bits per heavy atom. The topological polar surface area (TPSA) is 58.2 Å². The minimum absolute atomic E-state index is 0.101. The first kappa shape index (κ1) is 20.9. The first-order valence-corrected chi connectivity index (χ1v) is 11.5. The average molecular weight is 445 g/mol. The van der Waals surface area contributed by atoms with E-state index in [-0.39, 0.29) is 11.8 Å². The van der Waals surface area contributed by atoms with Crippen molar-refractivity contribution in [2.24, 2.45) is 0 Å². The van der Waals surface area contributed by atoms with Gasteiger partial charge in [-0.25, -0.2) is 0 Å². The molecule has 0 saturated heterocycles. The molecule has 4 nitrogen and oxygen atoms in total. The van der Waals surface area contributed by atoms with Crippen molar-refractivity contribution in [2.45, 2.75) is 10.1 Å². The van der Waals surface area contributed by atoms with Crippen molar-refractivity contribution < 1.29 is 9.59 Å². The molecule has 0 spiro atoms. The van der Waals surface area contributed by atoms with Gasteiger partial charge in [-0.2, -0.15) is 0 Å². The van der Waals surface area contributed by atoms with E-state index in [0.29, 0.717) is 10.6 Å². The largest absolute Gasteiger partial charge is 0.325 e. The molecule has 0 fully saturated rings. The van der Waals surface area contributed by atoms with Gasteiger partial charge in [0.2, 0.25) is 5.91 Å². The van der Waals surface area contributed by atoms with E-state index < -0.39 is 5.25 Å². The van der Waals surface area contributed by atoms with Crippen LogP contribution in [0.1, 0.15) is 20.5 Å². The van der Waals surface area contributed by atoms with Crippen molar-refractivity contribution in [1.82, 2.24) is 0 Å². The fourth-order valence-corrected chi connectivity index (χ4v) is 4.72. The van der Waals surface area contributed by atoms with E-state index in [0.717, 1.165) is 16.1 Å². The molecule has 1 atom stereocenters. The average Bonchev–Trinajstić information content (AvgIpc) is 3.34. The summed E-state index contributed by atoms with van der Waals surface area (Å²) >= 11 is 2.84. The first-order valence-electron chi connectivity index (χ1n) is 9.71. The van der Waals surface area contributed by atoms with Gasteiger partial charge in [-0.15, -0.1) is 23.1 Å².